The van der Waals surface area contributed by atoms with E-state index in [2.05, 4.69) is 10.3 Å². The Bertz CT molecular complexity index is 1030. The molecular weight excluding hydrogens is 401 g/mol. The molecule has 3 aromatic rings. The molecule has 2 N–H and O–H groups in total. The fraction of sp³-hybridized carbons (Fsp3) is 0.235. The van der Waals surface area contributed by atoms with E-state index in [1.807, 2.05) is 6.92 Å². The Kier molecular flexibility index (Phi) is 5.47. The minimum absolute atomic E-state index is 0.111. The number of aliphatic carboxylic acids is 1. The molecule has 27 heavy (non-hydrogen) atoms. The lowest BCUT2D eigenvalue weighted by atomic mass is 10.0. The van der Waals surface area contributed by atoms with Crippen molar-refractivity contribution in [1.82, 2.24) is 4.98 Å². The number of nitrogens with one attached hydrogen (secondary N) is 1. The molecule has 5 nitrogen and oxygen atoms in total. The number of benzene rings is 1. The summed E-state index contributed by atoms with van der Waals surface area (Å²) >= 11 is 2.18. The van der Waals surface area contributed by atoms with Crippen molar-refractivity contribution in [2.24, 2.45) is 5.92 Å². The van der Waals surface area contributed by atoms with E-state index in [-0.39, 0.29) is 22.5 Å². The zero-order valence-corrected chi connectivity index (χ0v) is 15.5. The Labute approximate surface area is 159 Å². The largest absolute Gasteiger partial charge is 0.481 e. The number of hydrogen-bond acceptors (Lipinski definition) is 5. The summed E-state index contributed by atoms with van der Waals surface area (Å²) in [6, 6.07) is 2.13. The Morgan fingerprint density at radius 2 is 2.04 bits per heavy atom. The number of halogens is 3. The maximum atomic E-state index is 13.8. The van der Waals surface area contributed by atoms with Crippen LogP contribution in [0.2, 0.25) is 0 Å². The number of rotatable bonds is 6. The highest BCUT2D eigenvalue weighted by molar-refractivity contribution is 7.18. The third-order valence-corrected chi connectivity index (χ3v) is 5.83. The predicted molar refractivity (Wildman–Crippen MR) is 96.6 cm³/mol. The van der Waals surface area contributed by atoms with Crippen LogP contribution in [-0.2, 0) is 16.0 Å². The van der Waals surface area contributed by atoms with Crippen LogP contribution in [0.4, 0.5) is 18.9 Å². The lowest BCUT2D eigenvalue weighted by molar-refractivity contribution is -0.143. The van der Waals surface area contributed by atoms with Gasteiger partial charge in [0, 0.05) is 23.8 Å². The number of carbonyl (C=O) groups is 2. The van der Waals surface area contributed by atoms with E-state index in [0.29, 0.717) is 11.8 Å². The van der Waals surface area contributed by atoms with Crippen LogP contribution in [-0.4, -0.2) is 22.0 Å². The van der Waals surface area contributed by atoms with Gasteiger partial charge in [0.1, 0.15) is 11.3 Å². The third kappa shape index (κ3) is 4.11. The van der Waals surface area contributed by atoms with Crippen molar-refractivity contribution in [2.45, 2.75) is 19.8 Å². The van der Waals surface area contributed by atoms with Gasteiger partial charge in [0.05, 0.1) is 21.3 Å². The van der Waals surface area contributed by atoms with Gasteiger partial charge in [-0.05, 0) is 18.4 Å². The molecule has 0 spiro atoms. The van der Waals surface area contributed by atoms with Gasteiger partial charge in [-0.1, -0.05) is 0 Å². The molecule has 0 bridgehead atoms. The van der Waals surface area contributed by atoms with Crippen molar-refractivity contribution in [1.29, 1.82) is 0 Å². The zero-order chi connectivity index (χ0) is 19.7. The second kappa shape index (κ2) is 7.65. The van der Waals surface area contributed by atoms with Gasteiger partial charge in [-0.2, -0.15) is 0 Å². The number of aryl methyl sites for hydroxylation is 1. The van der Waals surface area contributed by atoms with Gasteiger partial charge in [0.2, 0.25) is 5.91 Å². The Morgan fingerprint density at radius 3 is 2.67 bits per heavy atom. The first kappa shape index (κ1) is 19.3. The predicted octanol–water partition coefficient (Wildman–Crippen LogP) is 4.36. The van der Waals surface area contributed by atoms with E-state index in [9.17, 15) is 27.9 Å². The monoisotopic (exact) mass is 414 g/mol. The first-order chi connectivity index (χ1) is 12.8. The van der Waals surface area contributed by atoms with Gasteiger partial charge in [-0.15, -0.1) is 22.7 Å². The van der Waals surface area contributed by atoms with Gasteiger partial charge in [-0.3, -0.25) is 9.59 Å². The molecule has 0 fully saturated rings. The third-order valence-electron chi connectivity index (χ3n) is 3.89. The van der Waals surface area contributed by atoms with Crippen molar-refractivity contribution in [3.05, 3.63) is 44.8 Å². The lowest BCUT2D eigenvalue weighted by Gasteiger charge is -2.11. The minimum atomic E-state index is -1.36. The van der Waals surface area contributed by atoms with Gasteiger partial charge in [0.25, 0.3) is 0 Å². The summed E-state index contributed by atoms with van der Waals surface area (Å²) in [6.07, 6.45) is -0.537. The molecule has 142 valence electrons. The van der Waals surface area contributed by atoms with Gasteiger partial charge < -0.3 is 10.4 Å². The van der Waals surface area contributed by atoms with E-state index in [4.69, 9.17) is 0 Å². The number of aromatic nitrogens is 1. The number of amides is 1. The van der Waals surface area contributed by atoms with Crippen molar-refractivity contribution in [3.8, 4) is 0 Å². The van der Waals surface area contributed by atoms with E-state index in [0.717, 1.165) is 16.2 Å². The molecule has 0 aliphatic carbocycles. The molecule has 1 atom stereocenters. The van der Waals surface area contributed by atoms with Crippen molar-refractivity contribution < 1.29 is 27.9 Å². The average molecular weight is 414 g/mol. The first-order valence-electron chi connectivity index (χ1n) is 7.76. The first-order valence-corrected chi connectivity index (χ1v) is 9.45. The number of thiazole rings is 1. The smallest absolute Gasteiger partial charge is 0.307 e. The highest BCUT2D eigenvalue weighted by Gasteiger charge is 2.25. The second-order valence-corrected chi connectivity index (χ2v) is 8.03. The topological polar surface area (TPSA) is 79.3 Å². The number of carbonyl (C=O) groups excluding carboxylic acids is 1. The van der Waals surface area contributed by atoms with Crippen molar-refractivity contribution >= 4 is 50.5 Å². The molecule has 1 amide bonds. The maximum absolute atomic E-state index is 13.8. The number of nitrogens with zero attached hydrogens (tertiary/aromatic N) is 1. The van der Waals surface area contributed by atoms with Gasteiger partial charge in [0.15, 0.2) is 11.6 Å². The summed E-state index contributed by atoms with van der Waals surface area (Å²) in [5.41, 5.74) is 0.128. The lowest BCUT2D eigenvalue weighted by Crippen LogP contribution is -2.24. The van der Waals surface area contributed by atoms with Crippen LogP contribution >= 0.6 is 22.7 Å². The van der Waals surface area contributed by atoms with Crippen LogP contribution in [0.15, 0.2) is 17.5 Å². The molecule has 10 heteroatoms. The second-order valence-electron chi connectivity index (χ2n) is 5.82. The Morgan fingerprint density at radius 1 is 1.30 bits per heavy atom. The highest BCUT2D eigenvalue weighted by atomic mass is 32.1. The van der Waals surface area contributed by atoms with Crippen LogP contribution in [0, 0.1) is 30.3 Å². The number of thiophene rings is 1. The number of hydrogen-bond donors (Lipinski definition) is 2. The average Bonchev–Trinajstić information content (AvgIpc) is 3.19. The minimum Gasteiger partial charge on any atom is -0.481 e. The Balaban J connectivity index is 1.78. The molecular formula is C17H13F3N2O3S2. The maximum Gasteiger partial charge on any atom is 0.307 e. The SMILES string of the molecule is Cc1sccc1NC(=O)CC(Cc1nc2c(F)c(F)cc(F)c2s1)C(=O)O. The van der Waals surface area contributed by atoms with Gasteiger partial charge >= 0.3 is 5.97 Å². The summed E-state index contributed by atoms with van der Waals surface area (Å²) in [7, 11) is 0. The summed E-state index contributed by atoms with van der Waals surface area (Å²) < 4.78 is 40.7. The molecule has 0 saturated heterocycles. The highest BCUT2D eigenvalue weighted by Crippen LogP contribution is 2.30. The Hall–Kier alpha value is -2.46. The van der Waals surface area contributed by atoms with E-state index in [1.165, 1.54) is 11.3 Å². The normalized spacial score (nSPS) is 12.3. The molecule has 0 radical (unpaired) electrons. The van der Waals surface area contributed by atoms with Crippen LogP contribution in [0.25, 0.3) is 10.2 Å². The van der Waals surface area contributed by atoms with Crippen LogP contribution in [0.1, 0.15) is 16.3 Å². The number of carboxylic acid groups (broad SMARTS) is 1. The molecule has 2 aromatic heterocycles. The molecule has 3 rings (SSSR count). The van der Waals surface area contributed by atoms with Crippen LogP contribution in [0.3, 0.4) is 0 Å². The van der Waals surface area contributed by atoms with Crippen molar-refractivity contribution in [2.75, 3.05) is 5.32 Å². The fourth-order valence-electron chi connectivity index (χ4n) is 2.51. The summed E-state index contributed by atoms with van der Waals surface area (Å²) in [4.78, 5) is 28.3. The van der Waals surface area contributed by atoms with Crippen LogP contribution in [0.5, 0.6) is 0 Å². The molecule has 0 aliphatic rings. The molecule has 1 unspecified atom stereocenters. The fourth-order valence-corrected chi connectivity index (χ4v) is 4.21. The quantitative estimate of drug-likeness (QED) is 0.588. The molecule has 1 aromatic carbocycles. The zero-order valence-electron chi connectivity index (χ0n) is 13.9. The van der Waals surface area contributed by atoms with Gasteiger partial charge in [-0.25, -0.2) is 18.2 Å². The standard InChI is InChI=1S/C17H13F3N2O3S2/c1-7-11(2-3-26-7)21-12(23)4-8(17(24)25)5-13-22-15-14(20)9(18)6-10(19)16(15)27-13/h2-3,6,8H,4-5H2,1H3,(H,21,23)(H,24,25). The molecule has 0 aliphatic heterocycles. The van der Waals surface area contributed by atoms with Crippen molar-refractivity contribution in [3.63, 3.8) is 0 Å². The number of fused-ring (bicyclic) bond motifs is 1. The van der Waals surface area contributed by atoms with E-state index < -0.39 is 40.8 Å². The van der Waals surface area contributed by atoms with E-state index >= 15 is 0 Å². The summed E-state index contributed by atoms with van der Waals surface area (Å²) in [5, 5.41) is 13.9. The van der Waals surface area contributed by atoms with E-state index in [1.54, 1.807) is 11.4 Å². The number of carboxylic acids is 1. The number of anilines is 1. The summed E-state index contributed by atoms with van der Waals surface area (Å²) in [6.45, 7) is 1.82. The van der Waals surface area contributed by atoms with Crippen LogP contribution < -0.4 is 5.32 Å². The summed E-state index contributed by atoms with van der Waals surface area (Å²) in [5.74, 6) is -6.48. The molecule has 0 saturated carbocycles. The molecule has 2 heterocycles.